The molecular formula is C9H16O4S. The van der Waals surface area contributed by atoms with Crippen LogP contribution < -0.4 is 0 Å². The Hall–Kier alpha value is -0.710. The Bertz CT molecular complexity index is 219. The number of carboxylic acid groups (broad SMARTS) is 2. The molecule has 82 valence electrons. The van der Waals surface area contributed by atoms with Crippen LogP contribution in [0.15, 0.2) is 0 Å². The van der Waals surface area contributed by atoms with Crippen molar-refractivity contribution in [2.24, 2.45) is 5.41 Å². The van der Waals surface area contributed by atoms with Crippen LogP contribution in [0.2, 0.25) is 0 Å². The highest BCUT2D eigenvalue weighted by molar-refractivity contribution is 8.01. The zero-order chi connectivity index (χ0) is 11.6. The van der Waals surface area contributed by atoms with Gasteiger partial charge in [-0.3, -0.25) is 9.59 Å². The molecule has 0 fully saturated rings. The molecule has 0 aliphatic heterocycles. The molecule has 5 heteroatoms. The Morgan fingerprint density at radius 1 is 1.07 bits per heavy atom. The van der Waals surface area contributed by atoms with Gasteiger partial charge < -0.3 is 10.2 Å². The average Bonchev–Trinajstić information content (AvgIpc) is 2.01. The lowest BCUT2D eigenvalue weighted by molar-refractivity contribution is -0.145. The molecule has 0 saturated heterocycles. The van der Waals surface area contributed by atoms with Crippen molar-refractivity contribution in [3.05, 3.63) is 0 Å². The van der Waals surface area contributed by atoms with E-state index < -0.39 is 22.1 Å². The van der Waals surface area contributed by atoms with Crippen molar-refractivity contribution in [3.63, 3.8) is 0 Å². The Morgan fingerprint density at radius 2 is 1.50 bits per heavy atom. The molecule has 0 spiro atoms. The molecule has 0 bridgehead atoms. The zero-order valence-corrected chi connectivity index (χ0v) is 9.64. The van der Waals surface area contributed by atoms with Crippen LogP contribution in [0.25, 0.3) is 0 Å². The first-order valence-corrected chi connectivity index (χ1v) is 5.19. The largest absolute Gasteiger partial charge is 0.481 e. The molecule has 14 heavy (non-hydrogen) atoms. The molecular weight excluding hydrogens is 204 g/mol. The van der Waals surface area contributed by atoms with E-state index in [1.54, 1.807) is 27.7 Å². The normalized spacial score (nSPS) is 12.6. The van der Waals surface area contributed by atoms with Gasteiger partial charge in [0.25, 0.3) is 0 Å². The third kappa shape index (κ3) is 3.57. The summed E-state index contributed by atoms with van der Waals surface area (Å²) in [6.07, 6.45) is 0. The smallest absolute Gasteiger partial charge is 0.319 e. The second-order valence-electron chi connectivity index (χ2n) is 4.29. The Kier molecular flexibility index (Phi) is 4.00. The second kappa shape index (κ2) is 4.21. The van der Waals surface area contributed by atoms with E-state index in [2.05, 4.69) is 0 Å². The molecule has 0 rings (SSSR count). The summed E-state index contributed by atoms with van der Waals surface area (Å²) in [5, 5.41) is 17.6. The number of aliphatic carboxylic acids is 2. The van der Waals surface area contributed by atoms with Gasteiger partial charge in [-0.1, -0.05) is 0 Å². The molecule has 4 nitrogen and oxygen atoms in total. The van der Waals surface area contributed by atoms with Gasteiger partial charge in [-0.05, 0) is 27.7 Å². The van der Waals surface area contributed by atoms with Crippen LogP contribution in [0.4, 0.5) is 0 Å². The van der Waals surface area contributed by atoms with Gasteiger partial charge in [0.2, 0.25) is 0 Å². The van der Waals surface area contributed by atoms with Crippen molar-refractivity contribution in [3.8, 4) is 0 Å². The highest BCUT2D eigenvalue weighted by Gasteiger charge is 2.34. The van der Waals surface area contributed by atoms with E-state index in [9.17, 15) is 9.59 Å². The predicted octanol–water partition coefficient (Wildman–Crippen LogP) is 1.69. The van der Waals surface area contributed by atoms with Gasteiger partial charge in [0.15, 0.2) is 0 Å². The van der Waals surface area contributed by atoms with Crippen molar-refractivity contribution in [1.29, 1.82) is 0 Å². The Labute approximate surface area is 87.7 Å². The number of hydrogen-bond donors (Lipinski definition) is 2. The van der Waals surface area contributed by atoms with Gasteiger partial charge in [0.05, 0.1) is 5.41 Å². The maximum atomic E-state index is 10.7. The fraction of sp³-hybridized carbons (Fsp3) is 0.778. The van der Waals surface area contributed by atoms with Crippen molar-refractivity contribution in [2.45, 2.75) is 32.4 Å². The van der Waals surface area contributed by atoms with Crippen LogP contribution in [0, 0.1) is 5.41 Å². The second-order valence-corrected chi connectivity index (χ2v) is 5.89. The first kappa shape index (κ1) is 13.3. The molecule has 0 aromatic rings. The molecule has 0 aliphatic carbocycles. The third-order valence-electron chi connectivity index (χ3n) is 1.89. The molecule has 0 amide bonds. The van der Waals surface area contributed by atoms with Crippen LogP contribution in [0.5, 0.6) is 0 Å². The summed E-state index contributed by atoms with van der Waals surface area (Å²) in [6.45, 7) is 6.30. The van der Waals surface area contributed by atoms with Gasteiger partial charge in [-0.15, -0.1) is 11.8 Å². The van der Waals surface area contributed by atoms with Gasteiger partial charge in [0, 0.05) is 5.75 Å². The van der Waals surface area contributed by atoms with Crippen molar-refractivity contribution < 1.29 is 19.8 Å². The van der Waals surface area contributed by atoms with Gasteiger partial charge in [0.1, 0.15) is 4.75 Å². The number of rotatable bonds is 5. The molecule has 0 aromatic carbocycles. The summed E-state index contributed by atoms with van der Waals surface area (Å²) in [5.74, 6) is -1.56. The SMILES string of the molecule is CC(C)(CSC(C)(C)C(=O)O)C(=O)O. The van der Waals surface area contributed by atoms with Crippen LogP contribution >= 0.6 is 11.8 Å². The average molecular weight is 220 g/mol. The summed E-state index contributed by atoms with van der Waals surface area (Å²) >= 11 is 1.14. The third-order valence-corrected chi connectivity index (χ3v) is 3.65. The van der Waals surface area contributed by atoms with Gasteiger partial charge in [-0.25, -0.2) is 0 Å². The lowest BCUT2D eigenvalue weighted by Gasteiger charge is -2.24. The van der Waals surface area contributed by atoms with E-state index in [0.717, 1.165) is 11.8 Å². The maximum absolute atomic E-state index is 10.7. The summed E-state index contributed by atoms with van der Waals surface area (Å²) in [5.41, 5.74) is -0.891. The molecule has 0 atom stereocenters. The van der Waals surface area contributed by atoms with Crippen LogP contribution in [0.1, 0.15) is 27.7 Å². The maximum Gasteiger partial charge on any atom is 0.319 e. The van der Waals surface area contributed by atoms with Crippen molar-refractivity contribution >= 4 is 23.7 Å². The van der Waals surface area contributed by atoms with E-state index >= 15 is 0 Å². The molecule has 0 saturated carbocycles. The van der Waals surface area contributed by atoms with Crippen LogP contribution in [-0.4, -0.2) is 32.7 Å². The summed E-state index contributed by atoms with van der Waals surface area (Å²) in [4.78, 5) is 21.5. The molecule has 0 radical (unpaired) electrons. The van der Waals surface area contributed by atoms with E-state index in [1.165, 1.54) is 0 Å². The Morgan fingerprint density at radius 3 is 1.79 bits per heavy atom. The highest BCUT2D eigenvalue weighted by Crippen LogP contribution is 2.31. The highest BCUT2D eigenvalue weighted by atomic mass is 32.2. The van der Waals surface area contributed by atoms with E-state index in [-0.39, 0.29) is 5.75 Å². The van der Waals surface area contributed by atoms with E-state index in [4.69, 9.17) is 10.2 Å². The van der Waals surface area contributed by atoms with Crippen LogP contribution in [-0.2, 0) is 9.59 Å². The number of hydrogen-bond acceptors (Lipinski definition) is 3. The number of thioether (sulfide) groups is 1. The fourth-order valence-corrected chi connectivity index (χ4v) is 1.45. The van der Waals surface area contributed by atoms with Gasteiger partial charge >= 0.3 is 11.9 Å². The molecule has 0 aromatic heterocycles. The van der Waals surface area contributed by atoms with Gasteiger partial charge in [-0.2, -0.15) is 0 Å². The lowest BCUT2D eigenvalue weighted by atomic mass is 9.97. The zero-order valence-electron chi connectivity index (χ0n) is 8.83. The summed E-state index contributed by atoms with van der Waals surface area (Å²) < 4.78 is -0.938. The molecule has 0 aliphatic rings. The monoisotopic (exact) mass is 220 g/mol. The minimum atomic E-state index is -0.938. The summed E-state index contributed by atoms with van der Waals surface area (Å²) in [6, 6.07) is 0. The quantitative estimate of drug-likeness (QED) is 0.737. The minimum absolute atomic E-state index is 0.279. The number of carbonyl (C=O) groups is 2. The Balaban J connectivity index is 4.32. The van der Waals surface area contributed by atoms with Crippen molar-refractivity contribution in [2.75, 3.05) is 5.75 Å². The minimum Gasteiger partial charge on any atom is -0.481 e. The topological polar surface area (TPSA) is 74.6 Å². The van der Waals surface area contributed by atoms with Crippen LogP contribution in [0.3, 0.4) is 0 Å². The van der Waals surface area contributed by atoms with E-state index in [0.29, 0.717) is 0 Å². The standard InChI is InChI=1S/C9H16O4S/c1-8(2,6(10)11)5-14-9(3,4)7(12)13/h5H2,1-4H3,(H,10,11)(H,12,13). The first-order chi connectivity index (χ1) is 6.09. The van der Waals surface area contributed by atoms with Crippen molar-refractivity contribution in [1.82, 2.24) is 0 Å². The summed E-state index contributed by atoms with van der Waals surface area (Å²) in [7, 11) is 0. The molecule has 0 heterocycles. The van der Waals surface area contributed by atoms with E-state index in [1.807, 2.05) is 0 Å². The molecule has 2 N–H and O–H groups in total. The fourth-order valence-electron chi connectivity index (χ4n) is 0.484. The number of carboxylic acids is 2. The predicted molar refractivity (Wildman–Crippen MR) is 55.6 cm³/mol. The molecule has 0 unspecified atom stereocenters. The first-order valence-electron chi connectivity index (χ1n) is 4.20. The lowest BCUT2D eigenvalue weighted by Crippen LogP contribution is -2.33.